The molecule has 1 unspecified atom stereocenters. The van der Waals surface area contributed by atoms with E-state index in [0.717, 1.165) is 12.8 Å². The fourth-order valence-electron chi connectivity index (χ4n) is 1.13. The Morgan fingerprint density at radius 1 is 1.62 bits per heavy atom. The van der Waals surface area contributed by atoms with Crippen LogP contribution in [0.25, 0.3) is 0 Å². The molecule has 13 heavy (non-hydrogen) atoms. The Hall–Kier alpha value is -0.610. The third-order valence-electron chi connectivity index (χ3n) is 2.29. The van der Waals surface area contributed by atoms with Crippen LogP contribution < -0.4 is 5.32 Å². The summed E-state index contributed by atoms with van der Waals surface area (Å²) >= 11 is 0. The Morgan fingerprint density at radius 3 is 2.69 bits per heavy atom. The van der Waals surface area contributed by atoms with Gasteiger partial charge in [0.15, 0.2) is 0 Å². The number of hydrogen-bond donors (Lipinski definition) is 2. The van der Waals surface area contributed by atoms with Gasteiger partial charge >= 0.3 is 0 Å². The average Bonchev–Trinajstić information content (AvgIpc) is 2.85. The standard InChI is InChI=1S/C9H18N2O2/c1-11(2)9(13)6-10-5-8(12)7-3-4-7/h7-8,10,12H,3-6H2,1-2H3. The first kappa shape index (κ1) is 10.5. The van der Waals surface area contributed by atoms with E-state index < -0.39 is 0 Å². The zero-order valence-corrected chi connectivity index (χ0v) is 8.29. The molecule has 0 aromatic rings. The monoisotopic (exact) mass is 186 g/mol. The van der Waals surface area contributed by atoms with Crippen molar-refractivity contribution in [1.29, 1.82) is 0 Å². The van der Waals surface area contributed by atoms with Crippen LogP contribution in [0, 0.1) is 5.92 Å². The van der Waals surface area contributed by atoms with Crippen molar-refractivity contribution >= 4 is 5.91 Å². The molecule has 1 amide bonds. The molecule has 1 fully saturated rings. The van der Waals surface area contributed by atoms with E-state index in [4.69, 9.17) is 0 Å². The number of likely N-dealkylation sites (N-methyl/N-ethyl adjacent to an activating group) is 1. The lowest BCUT2D eigenvalue weighted by Crippen LogP contribution is -2.37. The van der Waals surface area contributed by atoms with Crippen LogP contribution in [-0.4, -0.2) is 49.2 Å². The summed E-state index contributed by atoms with van der Waals surface area (Å²) in [7, 11) is 3.45. The molecule has 0 bridgehead atoms. The van der Waals surface area contributed by atoms with E-state index in [0.29, 0.717) is 19.0 Å². The number of aliphatic hydroxyl groups excluding tert-OH is 1. The highest BCUT2D eigenvalue weighted by Crippen LogP contribution is 2.32. The largest absolute Gasteiger partial charge is 0.392 e. The molecule has 0 aromatic heterocycles. The van der Waals surface area contributed by atoms with Crippen LogP contribution in [0.15, 0.2) is 0 Å². The van der Waals surface area contributed by atoms with Crippen LogP contribution in [0.4, 0.5) is 0 Å². The molecular weight excluding hydrogens is 168 g/mol. The van der Waals surface area contributed by atoms with Crippen LogP contribution in [0.1, 0.15) is 12.8 Å². The van der Waals surface area contributed by atoms with Crippen molar-refractivity contribution in [3.63, 3.8) is 0 Å². The lowest BCUT2D eigenvalue weighted by atomic mass is 10.2. The Labute approximate surface area is 78.9 Å². The van der Waals surface area contributed by atoms with Gasteiger partial charge < -0.3 is 15.3 Å². The summed E-state index contributed by atoms with van der Waals surface area (Å²) in [6.07, 6.45) is 1.99. The fraction of sp³-hybridized carbons (Fsp3) is 0.889. The predicted octanol–water partition coefficient (Wildman–Crippen LogP) is -0.565. The Kier molecular flexibility index (Phi) is 3.69. The van der Waals surface area contributed by atoms with Crippen molar-refractivity contribution in [1.82, 2.24) is 10.2 Å². The van der Waals surface area contributed by atoms with Crippen molar-refractivity contribution in [3.8, 4) is 0 Å². The highest BCUT2D eigenvalue weighted by atomic mass is 16.3. The van der Waals surface area contributed by atoms with Gasteiger partial charge in [0.25, 0.3) is 0 Å². The summed E-state index contributed by atoms with van der Waals surface area (Å²) < 4.78 is 0. The first-order valence-corrected chi connectivity index (χ1v) is 4.70. The number of aliphatic hydroxyl groups is 1. The zero-order valence-electron chi connectivity index (χ0n) is 8.29. The second-order valence-corrected chi connectivity index (χ2v) is 3.82. The van der Waals surface area contributed by atoms with Crippen molar-refractivity contribution in [2.45, 2.75) is 18.9 Å². The summed E-state index contributed by atoms with van der Waals surface area (Å²) in [5.74, 6) is 0.518. The van der Waals surface area contributed by atoms with Gasteiger partial charge in [-0.3, -0.25) is 4.79 Å². The number of rotatable bonds is 5. The first-order valence-electron chi connectivity index (χ1n) is 4.70. The molecule has 1 saturated carbocycles. The minimum atomic E-state index is -0.269. The molecule has 4 heteroatoms. The maximum Gasteiger partial charge on any atom is 0.236 e. The molecule has 1 aliphatic rings. The highest BCUT2D eigenvalue weighted by Gasteiger charge is 2.29. The van der Waals surface area contributed by atoms with E-state index in [9.17, 15) is 9.90 Å². The normalized spacial score (nSPS) is 18.4. The fourth-order valence-corrected chi connectivity index (χ4v) is 1.13. The first-order chi connectivity index (χ1) is 6.11. The molecule has 0 aliphatic heterocycles. The van der Waals surface area contributed by atoms with E-state index in [1.165, 1.54) is 4.90 Å². The van der Waals surface area contributed by atoms with Gasteiger partial charge in [-0.05, 0) is 18.8 Å². The van der Waals surface area contributed by atoms with E-state index in [2.05, 4.69) is 5.32 Å². The molecule has 1 rings (SSSR count). The number of hydrogen-bond acceptors (Lipinski definition) is 3. The smallest absolute Gasteiger partial charge is 0.236 e. The topological polar surface area (TPSA) is 52.6 Å². The molecule has 0 saturated heterocycles. The van der Waals surface area contributed by atoms with Crippen molar-refractivity contribution in [2.75, 3.05) is 27.2 Å². The summed E-state index contributed by atoms with van der Waals surface area (Å²) in [5, 5.41) is 12.4. The second kappa shape index (κ2) is 4.58. The molecule has 0 aromatic carbocycles. The molecule has 0 spiro atoms. The van der Waals surface area contributed by atoms with E-state index >= 15 is 0 Å². The number of carbonyl (C=O) groups excluding carboxylic acids is 1. The van der Waals surface area contributed by atoms with E-state index in [1.54, 1.807) is 14.1 Å². The van der Waals surface area contributed by atoms with Gasteiger partial charge in [-0.15, -0.1) is 0 Å². The van der Waals surface area contributed by atoms with Gasteiger partial charge in [0, 0.05) is 20.6 Å². The van der Waals surface area contributed by atoms with Crippen molar-refractivity contribution < 1.29 is 9.90 Å². The van der Waals surface area contributed by atoms with Crippen LogP contribution in [0.5, 0.6) is 0 Å². The van der Waals surface area contributed by atoms with Crippen molar-refractivity contribution in [3.05, 3.63) is 0 Å². The minimum absolute atomic E-state index is 0.0444. The average molecular weight is 186 g/mol. The minimum Gasteiger partial charge on any atom is -0.392 e. The van der Waals surface area contributed by atoms with Crippen LogP contribution >= 0.6 is 0 Å². The number of nitrogens with zero attached hydrogens (tertiary/aromatic N) is 1. The number of carbonyl (C=O) groups is 1. The van der Waals surface area contributed by atoms with Gasteiger partial charge in [-0.1, -0.05) is 0 Å². The van der Waals surface area contributed by atoms with Crippen molar-refractivity contribution in [2.24, 2.45) is 5.92 Å². The number of amides is 1. The Bertz CT molecular complexity index is 178. The lowest BCUT2D eigenvalue weighted by Gasteiger charge is -2.13. The molecule has 0 radical (unpaired) electrons. The Balaban J connectivity index is 2.02. The third-order valence-corrected chi connectivity index (χ3v) is 2.29. The quantitative estimate of drug-likeness (QED) is 0.605. The van der Waals surface area contributed by atoms with Gasteiger partial charge in [-0.25, -0.2) is 0 Å². The molecule has 76 valence electrons. The van der Waals surface area contributed by atoms with Gasteiger partial charge in [0.2, 0.25) is 5.91 Å². The maximum atomic E-state index is 11.1. The lowest BCUT2D eigenvalue weighted by molar-refractivity contribution is -0.127. The van der Waals surface area contributed by atoms with Crippen LogP contribution in [0.3, 0.4) is 0 Å². The second-order valence-electron chi connectivity index (χ2n) is 3.82. The molecule has 2 N–H and O–H groups in total. The van der Waals surface area contributed by atoms with E-state index in [-0.39, 0.29) is 12.0 Å². The third kappa shape index (κ3) is 3.74. The maximum absolute atomic E-state index is 11.1. The summed E-state index contributed by atoms with van der Waals surface area (Å²) in [5.41, 5.74) is 0. The van der Waals surface area contributed by atoms with Gasteiger partial charge in [0.1, 0.15) is 0 Å². The summed E-state index contributed by atoms with van der Waals surface area (Å²) in [4.78, 5) is 12.6. The van der Waals surface area contributed by atoms with Crippen LogP contribution in [-0.2, 0) is 4.79 Å². The molecule has 1 aliphatic carbocycles. The Morgan fingerprint density at radius 2 is 2.23 bits per heavy atom. The predicted molar refractivity (Wildman–Crippen MR) is 50.3 cm³/mol. The molecule has 1 atom stereocenters. The van der Waals surface area contributed by atoms with Gasteiger partial charge in [0.05, 0.1) is 12.6 Å². The SMILES string of the molecule is CN(C)C(=O)CNCC(O)C1CC1. The van der Waals surface area contributed by atoms with Crippen LogP contribution in [0.2, 0.25) is 0 Å². The molecule has 0 heterocycles. The molecule has 4 nitrogen and oxygen atoms in total. The summed E-state index contributed by atoms with van der Waals surface area (Å²) in [6.45, 7) is 0.848. The number of nitrogens with one attached hydrogen (secondary N) is 1. The zero-order chi connectivity index (χ0) is 9.84. The summed E-state index contributed by atoms with van der Waals surface area (Å²) in [6, 6.07) is 0. The van der Waals surface area contributed by atoms with Gasteiger partial charge in [-0.2, -0.15) is 0 Å². The van der Waals surface area contributed by atoms with E-state index in [1.807, 2.05) is 0 Å². The molecular formula is C9H18N2O2. The highest BCUT2D eigenvalue weighted by molar-refractivity contribution is 5.77.